The van der Waals surface area contributed by atoms with Gasteiger partial charge in [0.15, 0.2) is 6.29 Å². The van der Waals surface area contributed by atoms with Crippen molar-refractivity contribution in [3.8, 4) is 0 Å². The Morgan fingerprint density at radius 2 is 2.15 bits per heavy atom. The molecule has 72 valence electrons. The summed E-state index contributed by atoms with van der Waals surface area (Å²) in [5, 5.41) is 5.63. The van der Waals surface area contributed by atoms with Gasteiger partial charge in [0.2, 0.25) is 0 Å². The molecule has 1 aromatic heterocycles. The number of aryl methyl sites for hydroxylation is 2. The molecule has 13 heavy (non-hydrogen) atoms. The third kappa shape index (κ3) is 2.12. The van der Waals surface area contributed by atoms with E-state index >= 15 is 0 Å². The number of aldehydes is 1. The largest absolute Gasteiger partial charge is 0.298 e. The van der Waals surface area contributed by atoms with Gasteiger partial charge in [-0.05, 0) is 6.92 Å². The number of rotatable bonds is 3. The van der Waals surface area contributed by atoms with Crippen molar-refractivity contribution in [3.63, 3.8) is 0 Å². The van der Waals surface area contributed by atoms with Gasteiger partial charge in [0, 0.05) is 12.3 Å². The third-order valence-corrected chi connectivity index (χ3v) is 2.86. The summed E-state index contributed by atoms with van der Waals surface area (Å²) in [6, 6.07) is 0. The summed E-state index contributed by atoms with van der Waals surface area (Å²) in [5.41, 5.74) is 1.53. The molecule has 0 spiro atoms. The summed E-state index contributed by atoms with van der Waals surface area (Å²) in [4.78, 5) is 10.8. The number of carbonyl (C=O) groups is 1. The average Bonchev–Trinajstić information content (AvgIpc) is 2.26. The van der Waals surface area contributed by atoms with Crippen molar-refractivity contribution in [1.29, 1.82) is 0 Å². The van der Waals surface area contributed by atoms with E-state index in [2.05, 4.69) is 18.9 Å². The minimum Gasteiger partial charge on any atom is -0.298 e. The Kier molecular flexibility index (Phi) is 3.14. The van der Waals surface area contributed by atoms with Gasteiger partial charge in [-0.3, -0.25) is 9.48 Å². The molecule has 0 aliphatic rings. The van der Waals surface area contributed by atoms with E-state index in [1.165, 1.54) is 0 Å². The zero-order valence-electron chi connectivity index (χ0n) is 8.37. The summed E-state index contributed by atoms with van der Waals surface area (Å²) in [5.74, 6) is 0. The van der Waals surface area contributed by atoms with Crippen LogP contribution in [0.5, 0.6) is 0 Å². The molecule has 0 atom stereocenters. The molecule has 0 saturated carbocycles. The number of nitrogens with zero attached hydrogens (tertiary/aromatic N) is 2. The molecule has 0 fully saturated rings. The van der Waals surface area contributed by atoms with Gasteiger partial charge in [-0.25, -0.2) is 0 Å². The molecule has 4 heteroatoms. The van der Waals surface area contributed by atoms with Crippen molar-refractivity contribution < 1.29 is 4.79 Å². The maximum atomic E-state index is 10.8. The maximum absolute atomic E-state index is 10.8. The van der Waals surface area contributed by atoms with Gasteiger partial charge in [0.05, 0.1) is 11.3 Å². The molecule has 0 saturated heterocycles. The summed E-state index contributed by atoms with van der Waals surface area (Å²) in [6.45, 7) is 6.05. The number of thioether (sulfide) groups is 1. The van der Waals surface area contributed by atoms with Gasteiger partial charge in [-0.1, -0.05) is 13.8 Å². The molecule has 0 N–H and O–H groups in total. The summed E-state index contributed by atoms with van der Waals surface area (Å²) in [6.07, 6.45) is 0.882. The van der Waals surface area contributed by atoms with Crippen molar-refractivity contribution in [2.75, 3.05) is 0 Å². The van der Waals surface area contributed by atoms with Crippen molar-refractivity contribution >= 4 is 18.0 Å². The highest BCUT2D eigenvalue weighted by atomic mass is 32.2. The smallest absolute Gasteiger partial charge is 0.154 e. The van der Waals surface area contributed by atoms with Crippen LogP contribution < -0.4 is 0 Å². The monoisotopic (exact) mass is 198 g/mol. The van der Waals surface area contributed by atoms with Crippen molar-refractivity contribution in [1.82, 2.24) is 9.78 Å². The van der Waals surface area contributed by atoms with E-state index in [4.69, 9.17) is 0 Å². The number of hydrogen-bond acceptors (Lipinski definition) is 3. The molecule has 3 nitrogen and oxygen atoms in total. The first-order valence-electron chi connectivity index (χ1n) is 4.21. The fraction of sp³-hybridized carbons (Fsp3) is 0.556. The van der Waals surface area contributed by atoms with E-state index in [1.807, 2.05) is 14.0 Å². The quantitative estimate of drug-likeness (QED) is 0.550. The highest BCUT2D eigenvalue weighted by Crippen LogP contribution is 2.26. The van der Waals surface area contributed by atoms with Gasteiger partial charge in [-0.2, -0.15) is 5.10 Å². The molecule has 0 aliphatic carbocycles. The predicted octanol–water partition coefficient (Wildman–Crippen LogP) is 2.04. The fourth-order valence-corrected chi connectivity index (χ4v) is 2.11. The topological polar surface area (TPSA) is 34.9 Å². The van der Waals surface area contributed by atoms with Gasteiger partial charge < -0.3 is 0 Å². The molecule has 0 unspecified atom stereocenters. The van der Waals surface area contributed by atoms with Gasteiger partial charge >= 0.3 is 0 Å². The van der Waals surface area contributed by atoms with Crippen LogP contribution in [0.4, 0.5) is 0 Å². The first kappa shape index (κ1) is 10.3. The standard InChI is InChI=1S/C9H14N2OS/c1-6(2)13-9-8(5-12)7(3)10-11(9)4/h5-6H,1-4H3. The molecular weight excluding hydrogens is 184 g/mol. The highest BCUT2D eigenvalue weighted by Gasteiger charge is 2.13. The Labute approximate surface area is 82.5 Å². The molecule has 0 amide bonds. The molecular formula is C9H14N2OS. The van der Waals surface area contributed by atoms with Crippen LogP contribution in [0.25, 0.3) is 0 Å². The summed E-state index contributed by atoms with van der Waals surface area (Å²) in [7, 11) is 1.87. The molecule has 0 radical (unpaired) electrons. The lowest BCUT2D eigenvalue weighted by molar-refractivity contribution is 0.112. The SMILES string of the molecule is Cc1nn(C)c(SC(C)C)c1C=O. The van der Waals surface area contributed by atoms with E-state index in [0.717, 1.165) is 22.6 Å². The second kappa shape index (κ2) is 3.96. The average molecular weight is 198 g/mol. The Morgan fingerprint density at radius 1 is 1.54 bits per heavy atom. The van der Waals surface area contributed by atoms with E-state index in [0.29, 0.717) is 5.25 Å². The van der Waals surface area contributed by atoms with Crippen LogP contribution >= 0.6 is 11.8 Å². The minimum absolute atomic E-state index is 0.466. The third-order valence-electron chi connectivity index (χ3n) is 1.68. The zero-order valence-corrected chi connectivity index (χ0v) is 9.18. The van der Waals surface area contributed by atoms with Crippen LogP contribution in [-0.4, -0.2) is 21.3 Å². The predicted molar refractivity (Wildman–Crippen MR) is 54.3 cm³/mol. The summed E-state index contributed by atoms with van der Waals surface area (Å²) < 4.78 is 1.77. The van der Waals surface area contributed by atoms with Crippen LogP contribution in [0.1, 0.15) is 29.9 Å². The molecule has 0 aromatic carbocycles. The second-order valence-electron chi connectivity index (χ2n) is 3.21. The molecule has 0 aliphatic heterocycles. The van der Waals surface area contributed by atoms with Crippen LogP contribution in [0.15, 0.2) is 5.03 Å². The molecule has 1 heterocycles. The normalized spacial score (nSPS) is 10.8. The first-order valence-corrected chi connectivity index (χ1v) is 5.09. The van der Waals surface area contributed by atoms with Crippen LogP contribution in [-0.2, 0) is 7.05 Å². The van der Waals surface area contributed by atoms with Gasteiger partial charge in [-0.15, -0.1) is 11.8 Å². The maximum Gasteiger partial charge on any atom is 0.154 e. The van der Waals surface area contributed by atoms with E-state index in [-0.39, 0.29) is 0 Å². The van der Waals surface area contributed by atoms with Crippen molar-refractivity contribution in [2.45, 2.75) is 31.0 Å². The lowest BCUT2D eigenvalue weighted by Gasteiger charge is -2.05. The highest BCUT2D eigenvalue weighted by molar-refractivity contribution is 7.99. The Hall–Kier alpha value is -0.770. The Balaban J connectivity index is 3.09. The number of aromatic nitrogens is 2. The Bertz CT molecular complexity index is 318. The van der Waals surface area contributed by atoms with E-state index in [1.54, 1.807) is 16.4 Å². The van der Waals surface area contributed by atoms with Crippen molar-refractivity contribution in [3.05, 3.63) is 11.3 Å². The first-order chi connectivity index (χ1) is 6.06. The van der Waals surface area contributed by atoms with Crippen LogP contribution in [0, 0.1) is 6.92 Å². The molecule has 1 aromatic rings. The Morgan fingerprint density at radius 3 is 2.62 bits per heavy atom. The number of hydrogen-bond donors (Lipinski definition) is 0. The summed E-state index contributed by atoms with van der Waals surface area (Å²) >= 11 is 1.67. The zero-order chi connectivity index (χ0) is 10.0. The lowest BCUT2D eigenvalue weighted by atomic mass is 10.3. The van der Waals surface area contributed by atoms with E-state index < -0.39 is 0 Å². The van der Waals surface area contributed by atoms with E-state index in [9.17, 15) is 4.79 Å². The van der Waals surface area contributed by atoms with Gasteiger partial charge in [0.1, 0.15) is 5.03 Å². The lowest BCUT2D eigenvalue weighted by Crippen LogP contribution is -1.97. The van der Waals surface area contributed by atoms with Gasteiger partial charge in [0.25, 0.3) is 0 Å². The minimum atomic E-state index is 0.466. The second-order valence-corrected chi connectivity index (χ2v) is 4.78. The van der Waals surface area contributed by atoms with Crippen LogP contribution in [0.2, 0.25) is 0 Å². The molecule has 0 bridgehead atoms. The van der Waals surface area contributed by atoms with Crippen molar-refractivity contribution in [2.24, 2.45) is 7.05 Å². The fourth-order valence-electron chi connectivity index (χ4n) is 1.15. The molecule has 1 rings (SSSR count). The number of carbonyl (C=O) groups excluding carboxylic acids is 1. The van der Waals surface area contributed by atoms with Crippen LogP contribution in [0.3, 0.4) is 0 Å².